The van der Waals surface area contributed by atoms with E-state index in [-0.39, 0.29) is 12.0 Å². The van der Waals surface area contributed by atoms with Crippen molar-refractivity contribution >= 4 is 5.91 Å². The molecule has 0 radical (unpaired) electrons. The van der Waals surface area contributed by atoms with Crippen molar-refractivity contribution in [3.05, 3.63) is 29.3 Å². The lowest BCUT2D eigenvalue weighted by atomic mass is 9.96. The predicted molar refractivity (Wildman–Crippen MR) is 80.7 cm³/mol. The number of carbonyl (C=O) groups excluding carboxylic acids is 1. The molecule has 1 aliphatic heterocycles. The van der Waals surface area contributed by atoms with E-state index in [9.17, 15) is 9.90 Å². The van der Waals surface area contributed by atoms with E-state index in [1.54, 1.807) is 6.07 Å². The average molecular weight is 289 g/mol. The lowest BCUT2D eigenvalue weighted by molar-refractivity contribution is 0.0448. The van der Waals surface area contributed by atoms with Crippen LogP contribution in [0.15, 0.2) is 18.2 Å². The normalized spacial score (nSPS) is 26.2. The van der Waals surface area contributed by atoms with Crippen molar-refractivity contribution in [2.45, 2.75) is 57.2 Å². The Bertz CT molecular complexity index is 549. The van der Waals surface area contributed by atoms with Crippen LogP contribution in [0, 0.1) is 0 Å². The van der Waals surface area contributed by atoms with Gasteiger partial charge in [0.2, 0.25) is 0 Å². The third kappa shape index (κ3) is 2.64. The van der Waals surface area contributed by atoms with Gasteiger partial charge in [-0.15, -0.1) is 0 Å². The summed E-state index contributed by atoms with van der Waals surface area (Å²) in [5.41, 5.74) is 0.940. The number of hydrogen-bond acceptors (Lipinski definition) is 3. The molecule has 3 rings (SSSR count). The number of rotatable bonds is 3. The number of benzene rings is 1. The number of fused-ring (bicyclic) bond motifs is 1. The van der Waals surface area contributed by atoms with Crippen molar-refractivity contribution in [1.82, 2.24) is 5.32 Å². The van der Waals surface area contributed by atoms with Crippen LogP contribution in [0.25, 0.3) is 0 Å². The fourth-order valence-corrected chi connectivity index (χ4v) is 3.31. The Morgan fingerprint density at radius 2 is 2.10 bits per heavy atom. The predicted octanol–water partition coefficient (Wildman–Crippen LogP) is 2.61. The lowest BCUT2D eigenvalue weighted by Gasteiger charge is -2.22. The van der Waals surface area contributed by atoms with Crippen LogP contribution in [-0.4, -0.2) is 29.3 Å². The van der Waals surface area contributed by atoms with Crippen molar-refractivity contribution < 1.29 is 14.6 Å². The summed E-state index contributed by atoms with van der Waals surface area (Å²) in [6.07, 6.45) is 3.69. The number of hydrogen-bond donors (Lipinski definition) is 2. The molecule has 21 heavy (non-hydrogen) atoms. The molecule has 2 aliphatic rings. The minimum absolute atomic E-state index is 0.0907. The Kier molecular flexibility index (Phi) is 3.66. The van der Waals surface area contributed by atoms with E-state index in [1.807, 2.05) is 19.1 Å². The fraction of sp³-hybridized carbons (Fsp3) is 0.588. The zero-order valence-corrected chi connectivity index (χ0v) is 12.7. The summed E-state index contributed by atoms with van der Waals surface area (Å²) in [5, 5.41) is 13.2. The number of para-hydroxylation sites is 1. The molecule has 4 heteroatoms. The molecule has 0 aromatic heterocycles. The van der Waals surface area contributed by atoms with Gasteiger partial charge in [-0.25, -0.2) is 0 Å². The second-order valence-electron chi connectivity index (χ2n) is 6.45. The molecule has 1 heterocycles. The molecule has 2 unspecified atom stereocenters. The Balaban J connectivity index is 1.74. The summed E-state index contributed by atoms with van der Waals surface area (Å²) in [5.74, 6) is 0.841. The van der Waals surface area contributed by atoms with E-state index in [0.29, 0.717) is 23.8 Å². The summed E-state index contributed by atoms with van der Waals surface area (Å²) in [7, 11) is 0. The number of amides is 1. The first-order valence-electron chi connectivity index (χ1n) is 7.80. The van der Waals surface area contributed by atoms with Gasteiger partial charge in [-0.2, -0.15) is 0 Å². The molecule has 4 nitrogen and oxygen atoms in total. The van der Waals surface area contributed by atoms with Crippen LogP contribution in [0.1, 0.15) is 61.4 Å². The van der Waals surface area contributed by atoms with E-state index in [4.69, 9.17) is 4.74 Å². The molecule has 1 aromatic carbocycles. The van der Waals surface area contributed by atoms with Crippen LogP contribution in [0.4, 0.5) is 0 Å². The first-order chi connectivity index (χ1) is 10.0. The maximum absolute atomic E-state index is 12.4. The highest BCUT2D eigenvalue weighted by Crippen LogP contribution is 2.40. The first kappa shape index (κ1) is 14.4. The van der Waals surface area contributed by atoms with Gasteiger partial charge < -0.3 is 15.2 Å². The molecule has 0 bridgehead atoms. The summed E-state index contributed by atoms with van der Waals surface area (Å²) in [6, 6.07) is 5.71. The van der Waals surface area contributed by atoms with Gasteiger partial charge in [-0.05, 0) is 25.8 Å². The van der Waals surface area contributed by atoms with Gasteiger partial charge in [0.15, 0.2) is 0 Å². The molecule has 1 aliphatic carbocycles. The minimum atomic E-state index is -0.727. The topological polar surface area (TPSA) is 58.6 Å². The van der Waals surface area contributed by atoms with Crippen LogP contribution < -0.4 is 10.1 Å². The molecule has 2 atom stereocenters. The highest BCUT2D eigenvalue weighted by atomic mass is 16.5. The first-order valence-corrected chi connectivity index (χ1v) is 7.80. The van der Waals surface area contributed by atoms with Crippen molar-refractivity contribution in [1.29, 1.82) is 0 Å². The lowest BCUT2D eigenvalue weighted by Crippen LogP contribution is -2.40. The Morgan fingerprint density at radius 3 is 2.81 bits per heavy atom. The van der Waals surface area contributed by atoms with Gasteiger partial charge in [0.25, 0.3) is 5.91 Å². The third-order valence-corrected chi connectivity index (χ3v) is 4.90. The minimum Gasteiger partial charge on any atom is -0.489 e. The SMILES string of the molecule is CC1Oc2c(C(=O)NCC3(O)CCCC3)cccc2C1C. The van der Waals surface area contributed by atoms with Crippen molar-refractivity contribution in [3.63, 3.8) is 0 Å². The molecular formula is C17H23NO3. The third-order valence-electron chi connectivity index (χ3n) is 4.90. The molecule has 0 saturated heterocycles. The fourth-order valence-electron chi connectivity index (χ4n) is 3.31. The zero-order chi connectivity index (χ0) is 15.0. The summed E-state index contributed by atoms with van der Waals surface area (Å²) in [4.78, 5) is 12.4. The Morgan fingerprint density at radius 1 is 1.38 bits per heavy atom. The van der Waals surface area contributed by atoms with Gasteiger partial charge >= 0.3 is 0 Å². The van der Waals surface area contributed by atoms with Crippen molar-refractivity contribution in [2.75, 3.05) is 6.54 Å². The number of ether oxygens (including phenoxy) is 1. The van der Waals surface area contributed by atoms with E-state index in [1.165, 1.54) is 0 Å². The highest BCUT2D eigenvalue weighted by Gasteiger charge is 2.33. The van der Waals surface area contributed by atoms with E-state index in [2.05, 4.69) is 12.2 Å². The maximum Gasteiger partial charge on any atom is 0.255 e. The molecule has 1 saturated carbocycles. The standard InChI is InChI=1S/C17H23NO3/c1-11-12(2)21-15-13(11)6-5-7-14(15)16(19)18-10-17(20)8-3-4-9-17/h5-7,11-12,20H,3-4,8-10H2,1-2H3,(H,18,19). The largest absolute Gasteiger partial charge is 0.489 e. The van der Waals surface area contributed by atoms with Gasteiger partial charge in [0.05, 0.1) is 11.2 Å². The molecule has 0 spiro atoms. The summed E-state index contributed by atoms with van der Waals surface area (Å²) >= 11 is 0. The van der Waals surface area contributed by atoms with Crippen LogP contribution in [0.2, 0.25) is 0 Å². The monoisotopic (exact) mass is 289 g/mol. The molecule has 1 fully saturated rings. The van der Waals surface area contributed by atoms with Crippen LogP contribution in [-0.2, 0) is 0 Å². The smallest absolute Gasteiger partial charge is 0.255 e. The Labute approximate surface area is 125 Å². The zero-order valence-electron chi connectivity index (χ0n) is 12.7. The van der Waals surface area contributed by atoms with Gasteiger partial charge in [0.1, 0.15) is 11.9 Å². The van der Waals surface area contributed by atoms with Crippen LogP contribution in [0.3, 0.4) is 0 Å². The van der Waals surface area contributed by atoms with Crippen LogP contribution in [0.5, 0.6) is 5.75 Å². The van der Waals surface area contributed by atoms with E-state index < -0.39 is 5.60 Å². The maximum atomic E-state index is 12.4. The van der Waals surface area contributed by atoms with Crippen LogP contribution >= 0.6 is 0 Å². The quantitative estimate of drug-likeness (QED) is 0.899. The average Bonchev–Trinajstić information content (AvgIpc) is 3.02. The molecule has 1 amide bonds. The van der Waals surface area contributed by atoms with E-state index in [0.717, 1.165) is 31.2 Å². The summed E-state index contributed by atoms with van der Waals surface area (Å²) < 4.78 is 5.84. The Hall–Kier alpha value is -1.55. The molecule has 114 valence electrons. The van der Waals surface area contributed by atoms with Gasteiger partial charge in [0, 0.05) is 18.0 Å². The molecule has 1 aromatic rings. The number of nitrogens with one attached hydrogen (secondary N) is 1. The summed E-state index contributed by atoms with van der Waals surface area (Å²) in [6.45, 7) is 4.45. The number of aliphatic hydroxyl groups is 1. The van der Waals surface area contributed by atoms with E-state index >= 15 is 0 Å². The second-order valence-corrected chi connectivity index (χ2v) is 6.45. The highest BCUT2D eigenvalue weighted by molar-refractivity contribution is 5.97. The second kappa shape index (κ2) is 5.34. The van der Waals surface area contributed by atoms with Gasteiger partial charge in [-0.1, -0.05) is 31.9 Å². The van der Waals surface area contributed by atoms with Crippen molar-refractivity contribution in [3.8, 4) is 5.75 Å². The number of carbonyl (C=O) groups is 1. The molecular weight excluding hydrogens is 266 g/mol. The van der Waals surface area contributed by atoms with Crippen molar-refractivity contribution in [2.24, 2.45) is 0 Å². The van der Waals surface area contributed by atoms with Gasteiger partial charge in [-0.3, -0.25) is 4.79 Å². The molecule has 2 N–H and O–H groups in total.